The number of ether oxygens (including phenoxy) is 1. The first-order valence-corrected chi connectivity index (χ1v) is 6.76. The molecule has 0 saturated heterocycles. The van der Waals surface area contributed by atoms with Gasteiger partial charge in [-0.3, -0.25) is 4.79 Å². The number of nitrogens with two attached hydrogens (primary N) is 1. The van der Waals surface area contributed by atoms with Crippen LogP contribution in [0.4, 0.5) is 0 Å². The van der Waals surface area contributed by atoms with Crippen LogP contribution < -0.4 is 15.8 Å². The first-order valence-electron chi connectivity index (χ1n) is 6.76. The molecule has 0 aromatic heterocycles. The quantitative estimate of drug-likeness (QED) is 0.819. The number of nitrogens with one attached hydrogen (secondary N) is 1. The normalized spacial score (nSPS) is 17.6. The maximum atomic E-state index is 11.8. The molecule has 0 bridgehead atoms. The molecule has 1 saturated carbocycles. The topological polar surface area (TPSA) is 64.3 Å². The van der Waals surface area contributed by atoms with Crippen molar-refractivity contribution in [3.8, 4) is 5.75 Å². The number of hydrogen-bond donors (Lipinski definition) is 2. The second kappa shape index (κ2) is 5.61. The van der Waals surface area contributed by atoms with Gasteiger partial charge in [-0.25, -0.2) is 0 Å². The van der Waals surface area contributed by atoms with E-state index in [0.29, 0.717) is 0 Å². The van der Waals surface area contributed by atoms with Crippen molar-refractivity contribution >= 4 is 5.91 Å². The lowest BCUT2D eigenvalue weighted by atomic mass is 10.1. The van der Waals surface area contributed by atoms with Gasteiger partial charge in [0.05, 0.1) is 12.6 Å². The summed E-state index contributed by atoms with van der Waals surface area (Å²) in [4.78, 5) is 11.8. The number of carbonyl (C=O) groups excluding carboxylic acids is 1. The molecule has 19 heavy (non-hydrogen) atoms. The molecule has 0 spiro atoms. The summed E-state index contributed by atoms with van der Waals surface area (Å²) in [6, 6.07) is 8.17. The van der Waals surface area contributed by atoms with E-state index in [4.69, 9.17) is 10.5 Å². The summed E-state index contributed by atoms with van der Waals surface area (Å²) in [6.45, 7) is 2.02. The number of hydrogen-bond acceptors (Lipinski definition) is 3. The van der Waals surface area contributed by atoms with Crippen LogP contribution in [0.2, 0.25) is 0 Å². The van der Waals surface area contributed by atoms with Crippen molar-refractivity contribution in [3.63, 3.8) is 0 Å². The van der Waals surface area contributed by atoms with Gasteiger partial charge in [0, 0.05) is 6.04 Å². The van der Waals surface area contributed by atoms with Gasteiger partial charge in [0.25, 0.3) is 0 Å². The van der Waals surface area contributed by atoms with E-state index in [1.807, 2.05) is 19.1 Å². The first kappa shape index (κ1) is 13.9. The molecule has 1 unspecified atom stereocenters. The van der Waals surface area contributed by atoms with Crippen molar-refractivity contribution in [3.05, 3.63) is 29.8 Å². The maximum absolute atomic E-state index is 11.8. The molecular weight excluding hydrogens is 240 g/mol. The first-order chi connectivity index (χ1) is 9.03. The molecule has 3 N–H and O–H groups in total. The van der Waals surface area contributed by atoms with Gasteiger partial charge in [0.1, 0.15) is 5.75 Å². The second-order valence-corrected chi connectivity index (χ2v) is 5.42. The minimum atomic E-state index is -0.575. The Bertz CT molecular complexity index is 438. The number of rotatable bonds is 6. The number of amides is 1. The molecule has 1 aliphatic carbocycles. The highest BCUT2D eigenvalue weighted by Crippen LogP contribution is 2.32. The van der Waals surface area contributed by atoms with Crippen LogP contribution in [-0.2, 0) is 11.2 Å². The minimum Gasteiger partial charge on any atom is -0.497 e. The van der Waals surface area contributed by atoms with E-state index in [-0.39, 0.29) is 11.9 Å². The van der Waals surface area contributed by atoms with Gasteiger partial charge in [0.15, 0.2) is 0 Å². The molecule has 4 heteroatoms. The molecule has 1 fully saturated rings. The SMILES string of the molecule is COc1ccc(CCC(C)NC(=O)C2(N)CC2)cc1. The van der Waals surface area contributed by atoms with Gasteiger partial charge >= 0.3 is 0 Å². The number of methoxy groups -OCH3 is 1. The highest BCUT2D eigenvalue weighted by Gasteiger charge is 2.46. The van der Waals surface area contributed by atoms with Crippen molar-refractivity contribution in [2.75, 3.05) is 7.11 Å². The second-order valence-electron chi connectivity index (χ2n) is 5.42. The molecule has 0 radical (unpaired) electrons. The Morgan fingerprint density at radius 1 is 1.42 bits per heavy atom. The molecule has 104 valence electrons. The third-order valence-corrected chi connectivity index (χ3v) is 3.64. The van der Waals surface area contributed by atoms with Crippen molar-refractivity contribution in [1.82, 2.24) is 5.32 Å². The van der Waals surface area contributed by atoms with Crippen LogP contribution in [0.5, 0.6) is 5.75 Å². The summed E-state index contributed by atoms with van der Waals surface area (Å²) in [5.74, 6) is 0.860. The van der Waals surface area contributed by atoms with E-state index < -0.39 is 5.54 Å². The molecule has 1 aromatic rings. The summed E-state index contributed by atoms with van der Waals surface area (Å²) in [6.07, 6.45) is 3.46. The van der Waals surface area contributed by atoms with Crippen molar-refractivity contribution in [1.29, 1.82) is 0 Å². The smallest absolute Gasteiger partial charge is 0.240 e. The van der Waals surface area contributed by atoms with Gasteiger partial charge in [-0.1, -0.05) is 12.1 Å². The van der Waals surface area contributed by atoms with Crippen LogP contribution >= 0.6 is 0 Å². The molecule has 0 heterocycles. The van der Waals surface area contributed by atoms with E-state index in [1.165, 1.54) is 5.56 Å². The largest absolute Gasteiger partial charge is 0.497 e. The van der Waals surface area contributed by atoms with E-state index >= 15 is 0 Å². The van der Waals surface area contributed by atoms with E-state index in [2.05, 4.69) is 17.4 Å². The fraction of sp³-hybridized carbons (Fsp3) is 0.533. The van der Waals surface area contributed by atoms with Crippen LogP contribution in [0.3, 0.4) is 0 Å². The van der Waals surface area contributed by atoms with E-state index in [9.17, 15) is 4.79 Å². The Morgan fingerprint density at radius 2 is 2.05 bits per heavy atom. The summed E-state index contributed by atoms with van der Waals surface area (Å²) in [5, 5.41) is 2.99. The van der Waals surface area contributed by atoms with E-state index in [1.54, 1.807) is 7.11 Å². The third-order valence-electron chi connectivity index (χ3n) is 3.64. The molecule has 1 amide bonds. The van der Waals surface area contributed by atoms with Gasteiger partial charge in [-0.05, 0) is 50.3 Å². The van der Waals surface area contributed by atoms with Crippen molar-refractivity contribution < 1.29 is 9.53 Å². The molecule has 1 aliphatic rings. The van der Waals surface area contributed by atoms with Crippen LogP contribution in [0.25, 0.3) is 0 Å². The van der Waals surface area contributed by atoms with Crippen LogP contribution in [0, 0.1) is 0 Å². The minimum absolute atomic E-state index is 0.00488. The Kier molecular flexibility index (Phi) is 4.10. The average molecular weight is 262 g/mol. The van der Waals surface area contributed by atoms with Gasteiger partial charge in [-0.2, -0.15) is 0 Å². The monoisotopic (exact) mass is 262 g/mol. The lowest BCUT2D eigenvalue weighted by Gasteiger charge is -2.16. The number of benzene rings is 1. The zero-order valence-electron chi connectivity index (χ0n) is 11.6. The highest BCUT2D eigenvalue weighted by atomic mass is 16.5. The summed E-state index contributed by atoms with van der Waals surface area (Å²) in [5.41, 5.74) is 6.52. The Morgan fingerprint density at radius 3 is 2.58 bits per heavy atom. The standard InChI is InChI=1S/C15H22N2O2/c1-11(17-14(18)15(16)9-10-15)3-4-12-5-7-13(19-2)8-6-12/h5-8,11H,3-4,9-10,16H2,1-2H3,(H,17,18). The lowest BCUT2D eigenvalue weighted by molar-refractivity contribution is -0.123. The zero-order chi connectivity index (χ0) is 13.9. The van der Waals surface area contributed by atoms with Gasteiger partial charge < -0.3 is 15.8 Å². The summed E-state index contributed by atoms with van der Waals surface area (Å²) < 4.78 is 5.12. The van der Waals surface area contributed by atoms with Crippen LogP contribution in [-0.4, -0.2) is 24.6 Å². The van der Waals surface area contributed by atoms with Crippen molar-refractivity contribution in [2.24, 2.45) is 5.73 Å². The Labute approximate surface area is 114 Å². The average Bonchev–Trinajstić information content (AvgIpc) is 3.16. The third kappa shape index (κ3) is 3.70. The molecule has 1 atom stereocenters. The molecule has 4 nitrogen and oxygen atoms in total. The molecule has 2 rings (SSSR count). The highest BCUT2D eigenvalue weighted by molar-refractivity contribution is 5.89. The Balaban J connectivity index is 1.76. The lowest BCUT2D eigenvalue weighted by Crippen LogP contribution is -2.46. The zero-order valence-corrected chi connectivity index (χ0v) is 11.6. The fourth-order valence-electron chi connectivity index (χ4n) is 1.98. The number of carbonyl (C=O) groups is 1. The Hall–Kier alpha value is -1.55. The van der Waals surface area contributed by atoms with Gasteiger partial charge in [0.2, 0.25) is 5.91 Å². The predicted octanol–water partition coefficient (Wildman–Crippen LogP) is 1.62. The molecular formula is C15H22N2O2. The van der Waals surface area contributed by atoms with Crippen molar-refractivity contribution in [2.45, 2.75) is 44.2 Å². The van der Waals surface area contributed by atoms with Crippen LogP contribution in [0.1, 0.15) is 31.7 Å². The summed E-state index contributed by atoms with van der Waals surface area (Å²) in [7, 11) is 1.66. The maximum Gasteiger partial charge on any atom is 0.240 e. The fourth-order valence-corrected chi connectivity index (χ4v) is 1.98. The van der Waals surface area contributed by atoms with Crippen LogP contribution in [0.15, 0.2) is 24.3 Å². The summed E-state index contributed by atoms with van der Waals surface area (Å²) >= 11 is 0. The molecule has 1 aromatic carbocycles. The van der Waals surface area contributed by atoms with Gasteiger partial charge in [-0.15, -0.1) is 0 Å². The predicted molar refractivity (Wildman–Crippen MR) is 75.1 cm³/mol. The van der Waals surface area contributed by atoms with E-state index in [0.717, 1.165) is 31.4 Å². The number of aryl methyl sites for hydroxylation is 1. The molecule has 0 aliphatic heterocycles.